The maximum Gasteiger partial charge on any atom is 0.185 e. The molecule has 0 aliphatic heterocycles. The van der Waals surface area contributed by atoms with Crippen molar-refractivity contribution in [3.63, 3.8) is 0 Å². The standard InChI is InChI=1S/C19H28N4O.C5H5ClN4O.C2H6N2/c1-22-12-5-4-7-15-10-11-18(17-9-3-2-8-16(15)17)24-14-6-13-23-19(20)21;6-3-5(8)10-4(7)2(1-11)9-3;1-4-2-3/h2-3,8-11,22H,4-7,12-14H2,1H3,(H4,20,21,23);1H,(H4,7,8,10);2H,1H3,(H2,3,4). The number of anilines is 2. The van der Waals surface area contributed by atoms with Crippen molar-refractivity contribution in [1.29, 1.82) is 0 Å². The minimum absolute atomic E-state index is 0.00389. The first-order chi connectivity index (χ1) is 18.8. The number of carbonyl (C=O) groups excluding carboxylic acids is 1. The summed E-state index contributed by atoms with van der Waals surface area (Å²) in [5.74, 6) is 1.06. The molecular weight excluding hydrogens is 520 g/mol. The number of carbonyl (C=O) groups is 1. The number of nitrogens with one attached hydrogen (secondary N) is 1. The molecule has 3 aromatic rings. The first-order valence-corrected chi connectivity index (χ1v) is 12.7. The van der Waals surface area contributed by atoms with Crippen molar-refractivity contribution in [2.45, 2.75) is 25.7 Å². The molecule has 13 heteroatoms. The van der Waals surface area contributed by atoms with E-state index < -0.39 is 0 Å². The molecule has 212 valence electrons. The topological polar surface area (TPSA) is 219 Å². The number of ether oxygens (including phenoxy) is 1. The molecule has 0 unspecified atom stereocenters. The Balaban J connectivity index is 0.000000418. The molecule has 0 saturated carbocycles. The second-order valence-corrected chi connectivity index (χ2v) is 8.39. The molecule has 0 fully saturated rings. The number of benzene rings is 2. The van der Waals surface area contributed by atoms with Crippen molar-refractivity contribution >= 4 is 52.6 Å². The normalized spacial score (nSPS) is 10.2. The van der Waals surface area contributed by atoms with E-state index in [0.29, 0.717) is 19.4 Å². The van der Waals surface area contributed by atoms with Gasteiger partial charge in [-0.25, -0.2) is 9.97 Å². The van der Waals surface area contributed by atoms with E-state index in [4.69, 9.17) is 45.0 Å². The van der Waals surface area contributed by atoms with Gasteiger partial charge in [0.05, 0.1) is 12.9 Å². The van der Waals surface area contributed by atoms with Gasteiger partial charge in [0.25, 0.3) is 0 Å². The van der Waals surface area contributed by atoms with Crippen LogP contribution in [0.5, 0.6) is 5.75 Å². The number of aryl methyl sites for hydroxylation is 1. The van der Waals surface area contributed by atoms with Gasteiger partial charge in [0.2, 0.25) is 0 Å². The number of halogens is 1. The fraction of sp³-hybridized carbons (Fsp3) is 0.346. The molecular formula is C26H39ClN10O2. The van der Waals surface area contributed by atoms with E-state index in [1.165, 1.54) is 35.5 Å². The second-order valence-electron chi connectivity index (χ2n) is 8.03. The number of aromatic nitrogens is 2. The van der Waals surface area contributed by atoms with Crippen LogP contribution in [0.1, 0.15) is 35.3 Å². The summed E-state index contributed by atoms with van der Waals surface area (Å²) < 4.78 is 5.94. The van der Waals surface area contributed by atoms with Gasteiger partial charge in [-0.2, -0.15) is 0 Å². The number of nitrogens with zero attached hydrogens (tertiary/aromatic N) is 4. The molecule has 2 aromatic carbocycles. The van der Waals surface area contributed by atoms with E-state index in [9.17, 15) is 4.79 Å². The molecule has 39 heavy (non-hydrogen) atoms. The van der Waals surface area contributed by atoms with Crippen molar-refractivity contribution in [2.24, 2.45) is 27.2 Å². The van der Waals surface area contributed by atoms with E-state index in [-0.39, 0.29) is 28.4 Å². The number of nitrogens with two attached hydrogens (primary N) is 5. The zero-order chi connectivity index (χ0) is 29.0. The van der Waals surface area contributed by atoms with Crippen molar-refractivity contribution in [2.75, 3.05) is 45.3 Å². The summed E-state index contributed by atoms with van der Waals surface area (Å²) in [5.41, 5.74) is 27.3. The van der Waals surface area contributed by atoms with Crippen molar-refractivity contribution in [1.82, 2.24) is 15.3 Å². The van der Waals surface area contributed by atoms with E-state index in [1.54, 1.807) is 7.05 Å². The van der Waals surface area contributed by atoms with Crippen LogP contribution in [0.15, 0.2) is 46.4 Å². The Hall–Kier alpha value is -4.16. The highest BCUT2D eigenvalue weighted by Gasteiger charge is 2.07. The van der Waals surface area contributed by atoms with Gasteiger partial charge >= 0.3 is 0 Å². The summed E-state index contributed by atoms with van der Waals surface area (Å²) in [4.78, 5) is 24.7. The molecule has 11 N–H and O–H groups in total. The Labute approximate surface area is 234 Å². The molecule has 1 aromatic heterocycles. The summed E-state index contributed by atoms with van der Waals surface area (Å²) in [7, 11) is 3.62. The fourth-order valence-electron chi connectivity index (χ4n) is 3.29. The largest absolute Gasteiger partial charge is 0.493 e. The van der Waals surface area contributed by atoms with Gasteiger partial charge in [-0.1, -0.05) is 41.9 Å². The smallest absolute Gasteiger partial charge is 0.185 e. The molecule has 0 aliphatic rings. The van der Waals surface area contributed by atoms with Crippen LogP contribution >= 0.6 is 11.6 Å². The summed E-state index contributed by atoms with van der Waals surface area (Å²) in [6.07, 6.45) is 5.97. The van der Waals surface area contributed by atoms with Gasteiger partial charge in [-0.3, -0.25) is 14.8 Å². The van der Waals surface area contributed by atoms with Crippen LogP contribution in [-0.2, 0) is 6.42 Å². The first-order valence-electron chi connectivity index (χ1n) is 12.3. The first kappa shape index (κ1) is 32.9. The quantitative estimate of drug-likeness (QED) is 0.0870. The average Bonchev–Trinajstić information content (AvgIpc) is 2.94. The van der Waals surface area contributed by atoms with Gasteiger partial charge in [0.1, 0.15) is 11.4 Å². The molecule has 0 saturated heterocycles. The fourth-order valence-corrected chi connectivity index (χ4v) is 3.42. The van der Waals surface area contributed by atoms with E-state index >= 15 is 0 Å². The number of aliphatic imine (C=N–C) groups is 2. The maximum absolute atomic E-state index is 10.2. The van der Waals surface area contributed by atoms with Crippen molar-refractivity contribution in [3.05, 3.63) is 52.8 Å². The number of hydrogen-bond acceptors (Lipinski definition) is 9. The lowest BCUT2D eigenvalue weighted by Crippen LogP contribution is -2.23. The third-order valence-corrected chi connectivity index (χ3v) is 5.42. The Morgan fingerprint density at radius 2 is 1.74 bits per heavy atom. The molecule has 0 amide bonds. The molecule has 0 spiro atoms. The van der Waals surface area contributed by atoms with E-state index in [0.717, 1.165) is 25.1 Å². The van der Waals surface area contributed by atoms with Crippen LogP contribution in [-0.4, -0.2) is 62.3 Å². The monoisotopic (exact) mass is 558 g/mol. The highest BCUT2D eigenvalue weighted by atomic mass is 35.5. The lowest BCUT2D eigenvalue weighted by molar-refractivity contribution is 0.111. The number of fused-ring (bicyclic) bond motifs is 1. The third-order valence-electron chi connectivity index (χ3n) is 5.15. The van der Waals surface area contributed by atoms with Crippen LogP contribution in [0.2, 0.25) is 5.15 Å². The van der Waals surface area contributed by atoms with Crippen LogP contribution in [0, 0.1) is 0 Å². The predicted octanol–water partition coefficient (Wildman–Crippen LogP) is 2.13. The Kier molecular flexibility index (Phi) is 16.0. The van der Waals surface area contributed by atoms with Gasteiger partial charge in [-0.15, -0.1) is 0 Å². The summed E-state index contributed by atoms with van der Waals surface area (Å²) >= 11 is 5.45. The minimum atomic E-state index is -0.0127. The molecule has 0 radical (unpaired) electrons. The number of nitrogen functional groups attached to an aromatic ring is 2. The zero-order valence-corrected chi connectivity index (χ0v) is 23.2. The lowest BCUT2D eigenvalue weighted by Gasteiger charge is -2.12. The average molecular weight is 559 g/mol. The minimum Gasteiger partial charge on any atom is -0.493 e. The van der Waals surface area contributed by atoms with Crippen molar-refractivity contribution in [3.8, 4) is 5.75 Å². The second kappa shape index (κ2) is 19.0. The third kappa shape index (κ3) is 12.3. The van der Waals surface area contributed by atoms with Crippen molar-refractivity contribution < 1.29 is 9.53 Å². The van der Waals surface area contributed by atoms with Gasteiger partial charge < -0.3 is 38.7 Å². The number of unbranched alkanes of at least 4 members (excludes halogenated alkanes) is 1. The number of rotatable bonds is 11. The van der Waals surface area contributed by atoms with E-state index in [1.807, 2.05) is 7.05 Å². The molecule has 0 atom stereocenters. The Morgan fingerprint density at radius 3 is 2.36 bits per heavy atom. The molecule has 12 nitrogen and oxygen atoms in total. The highest BCUT2D eigenvalue weighted by molar-refractivity contribution is 6.31. The molecule has 1 heterocycles. The SMILES string of the molecule is CN=CN.CNCCCCc1ccc(OCCCN=C(N)N)c2ccccc12.Nc1nc(N)c(C=O)nc1Cl. The summed E-state index contributed by atoms with van der Waals surface area (Å²) in [6.45, 7) is 2.25. The number of guanidine groups is 1. The number of aldehydes is 1. The Morgan fingerprint density at radius 1 is 1.05 bits per heavy atom. The Bertz CT molecular complexity index is 1210. The van der Waals surface area contributed by atoms with Gasteiger partial charge in [0.15, 0.2) is 29.0 Å². The van der Waals surface area contributed by atoms with Gasteiger partial charge in [-0.05, 0) is 49.9 Å². The molecule has 3 rings (SSSR count). The summed E-state index contributed by atoms with van der Waals surface area (Å²) in [5, 5.41) is 5.64. The van der Waals surface area contributed by atoms with E-state index in [2.05, 4.69) is 61.7 Å². The van der Waals surface area contributed by atoms with Crippen LogP contribution in [0.3, 0.4) is 0 Å². The summed E-state index contributed by atoms with van der Waals surface area (Å²) in [6, 6.07) is 12.7. The predicted molar refractivity (Wildman–Crippen MR) is 161 cm³/mol. The van der Waals surface area contributed by atoms with Crippen LogP contribution < -0.4 is 38.7 Å². The number of hydrogen-bond donors (Lipinski definition) is 6. The van der Waals surface area contributed by atoms with Crippen LogP contribution in [0.4, 0.5) is 11.6 Å². The van der Waals surface area contributed by atoms with Crippen LogP contribution in [0.25, 0.3) is 10.8 Å². The highest BCUT2D eigenvalue weighted by Crippen LogP contribution is 2.29. The maximum atomic E-state index is 10.2. The molecule has 0 bridgehead atoms. The zero-order valence-electron chi connectivity index (χ0n) is 22.4. The molecule has 0 aliphatic carbocycles. The van der Waals surface area contributed by atoms with Gasteiger partial charge in [0, 0.05) is 25.4 Å². The lowest BCUT2D eigenvalue weighted by atomic mass is 9.99.